The van der Waals surface area contributed by atoms with Crippen LogP contribution in [0.3, 0.4) is 0 Å². The van der Waals surface area contributed by atoms with Gasteiger partial charge in [-0.2, -0.15) is 11.8 Å². The zero-order valence-corrected chi connectivity index (χ0v) is 12.1. The molecule has 102 valence electrons. The van der Waals surface area contributed by atoms with Crippen LogP contribution in [0.5, 0.6) is 5.75 Å². The smallest absolute Gasteiger partial charge is 0.131 e. The van der Waals surface area contributed by atoms with E-state index >= 15 is 0 Å². The third kappa shape index (κ3) is 4.50. The zero-order valence-electron chi connectivity index (χ0n) is 11.3. The fourth-order valence-electron chi connectivity index (χ4n) is 1.85. The van der Waals surface area contributed by atoms with Crippen molar-refractivity contribution in [3.8, 4) is 5.75 Å². The van der Waals surface area contributed by atoms with E-state index in [0.29, 0.717) is 11.3 Å². The van der Waals surface area contributed by atoms with Crippen molar-refractivity contribution in [3.63, 3.8) is 0 Å². The third-order valence-corrected chi connectivity index (χ3v) is 3.77. The van der Waals surface area contributed by atoms with Gasteiger partial charge in [0.1, 0.15) is 11.6 Å². The zero-order chi connectivity index (χ0) is 13.4. The molecule has 0 fully saturated rings. The second-order valence-electron chi connectivity index (χ2n) is 4.08. The Kier molecular flexibility index (Phi) is 7.13. The predicted octanol–water partition coefficient (Wildman–Crippen LogP) is 3.63. The summed E-state index contributed by atoms with van der Waals surface area (Å²) >= 11 is 1.93. The van der Waals surface area contributed by atoms with Crippen molar-refractivity contribution >= 4 is 11.8 Å². The molecular weight excluding hydrogens is 249 g/mol. The Morgan fingerprint density at radius 1 is 1.44 bits per heavy atom. The summed E-state index contributed by atoms with van der Waals surface area (Å²) in [7, 11) is 1.57. The molecule has 0 heterocycles. The highest BCUT2D eigenvalue weighted by Crippen LogP contribution is 2.27. The first kappa shape index (κ1) is 15.3. The fraction of sp³-hybridized carbons (Fsp3) is 0.571. The van der Waals surface area contributed by atoms with Crippen molar-refractivity contribution < 1.29 is 9.13 Å². The summed E-state index contributed by atoms with van der Waals surface area (Å²) < 4.78 is 19.0. The van der Waals surface area contributed by atoms with Crippen LogP contribution in [-0.4, -0.2) is 25.2 Å². The summed E-state index contributed by atoms with van der Waals surface area (Å²) in [5.41, 5.74) is 0.614. The number of ether oxygens (including phenoxy) is 1. The molecule has 1 atom stereocenters. The maximum atomic E-state index is 13.8. The first-order valence-corrected chi connectivity index (χ1v) is 7.49. The lowest BCUT2D eigenvalue weighted by Crippen LogP contribution is -2.21. The van der Waals surface area contributed by atoms with Crippen molar-refractivity contribution in [1.29, 1.82) is 0 Å². The van der Waals surface area contributed by atoms with Gasteiger partial charge in [0, 0.05) is 11.6 Å². The lowest BCUT2D eigenvalue weighted by Gasteiger charge is -2.17. The minimum Gasteiger partial charge on any atom is -0.496 e. The first-order chi connectivity index (χ1) is 8.70. The van der Waals surface area contributed by atoms with Crippen molar-refractivity contribution in [3.05, 3.63) is 29.6 Å². The van der Waals surface area contributed by atoms with E-state index in [-0.39, 0.29) is 11.9 Å². The van der Waals surface area contributed by atoms with Crippen molar-refractivity contribution in [1.82, 2.24) is 5.32 Å². The molecule has 0 bridgehead atoms. The molecule has 18 heavy (non-hydrogen) atoms. The highest BCUT2D eigenvalue weighted by Gasteiger charge is 2.15. The van der Waals surface area contributed by atoms with E-state index in [1.54, 1.807) is 19.2 Å². The molecule has 1 unspecified atom stereocenters. The Labute approximate surface area is 113 Å². The van der Waals surface area contributed by atoms with Gasteiger partial charge in [-0.25, -0.2) is 4.39 Å². The molecule has 0 aliphatic carbocycles. The van der Waals surface area contributed by atoms with Crippen LogP contribution in [0.1, 0.15) is 31.9 Å². The van der Waals surface area contributed by atoms with Crippen LogP contribution in [0.15, 0.2) is 18.2 Å². The molecule has 0 aliphatic heterocycles. The fourth-order valence-corrected chi connectivity index (χ4v) is 2.49. The van der Waals surface area contributed by atoms with Crippen LogP contribution < -0.4 is 10.1 Å². The molecule has 0 amide bonds. The third-order valence-electron chi connectivity index (χ3n) is 2.79. The quantitative estimate of drug-likeness (QED) is 0.730. The maximum Gasteiger partial charge on any atom is 0.131 e. The Balaban J connectivity index is 2.53. The van der Waals surface area contributed by atoms with Gasteiger partial charge < -0.3 is 10.1 Å². The average Bonchev–Trinajstić information content (AvgIpc) is 2.37. The molecule has 2 nitrogen and oxygen atoms in total. The van der Waals surface area contributed by atoms with E-state index in [9.17, 15) is 4.39 Å². The lowest BCUT2D eigenvalue weighted by molar-refractivity contribution is 0.394. The molecule has 0 radical (unpaired) electrons. The number of methoxy groups -OCH3 is 1. The molecule has 1 N–H and O–H groups in total. The molecule has 1 aromatic rings. The topological polar surface area (TPSA) is 21.3 Å². The highest BCUT2D eigenvalue weighted by atomic mass is 32.2. The monoisotopic (exact) mass is 271 g/mol. The summed E-state index contributed by atoms with van der Waals surface area (Å²) in [4.78, 5) is 0. The number of benzene rings is 1. The van der Waals surface area contributed by atoms with Crippen LogP contribution in [0.4, 0.5) is 4.39 Å². The van der Waals surface area contributed by atoms with Crippen LogP contribution in [0.2, 0.25) is 0 Å². The molecule has 0 saturated carbocycles. The number of hydrogen-bond acceptors (Lipinski definition) is 3. The first-order valence-electron chi connectivity index (χ1n) is 6.34. The van der Waals surface area contributed by atoms with E-state index in [4.69, 9.17) is 4.74 Å². The number of nitrogens with one attached hydrogen (secondary N) is 1. The van der Waals surface area contributed by atoms with Gasteiger partial charge in [0.15, 0.2) is 0 Å². The normalized spacial score (nSPS) is 12.4. The highest BCUT2D eigenvalue weighted by molar-refractivity contribution is 7.99. The van der Waals surface area contributed by atoms with E-state index in [2.05, 4.69) is 12.2 Å². The largest absolute Gasteiger partial charge is 0.496 e. The van der Waals surface area contributed by atoms with Crippen molar-refractivity contribution in [2.24, 2.45) is 0 Å². The summed E-state index contributed by atoms with van der Waals surface area (Å²) in [5, 5.41) is 3.34. The van der Waals surface area contributed by atoms with Gasteiger partial charge in [-0.1, -0.05) is 13.0 Å². The summed E-state index contributed by atoms with van der Waals surface area (Å²) in [6.45, 7) is 5.02. The molecule has 0 saturated heterocycles. The van der Waals surface area contributed by atoms with E-state index in [1.165, 1.54) is 6.07 Å². The number of thioether (sulfide) groups is 1. The SMILES string of the molecule is CCSCCCNC(C)c1c(F)cccc1OC. The molecule has 4 heteroatoms. The lowest BCUT2D eigenvalue weighted by atomic mass is 10.1. The predicted molar refractivity (Wildman–Crippen MR) is 77.0 cm³/mol. The minimum absolute atomic E-state index is 0.0345. The van der Waals surface area contributed by atoms with Gasteiger partial charge in [0.2, 0.25) is 0 Å². The van der Waals surface area contributed by atoms with Gasteiger partial charge >= 0.3 is 0 Å². The van der Waals surface area contributed by atoms with Crippen LogP contribution in [0, 0.1) is 5.82 Å². The summed E-state index contributed by atoms with van der Waals surface area (Å²) in [6.07, 6.45) is 1.10. The molecule has 0 aliphatic rings. The van der Waals surface area contributed by atoms with Crippen LogP contribution in [-0.2, 0) is 0 Å². The maximum absolute atomic E-state index is 13.8. The second kappa shape index (κ2) is 8.38. The summed E-state index contributed by atoms with van der Waals surface area (Å²) in [6, 6.07) is 4.90. The number of halogens is 1. The van der Waals surface area contributed by atoms with Crippen molar-refractivity contribution in [2.75, 3.05) is 25.2 Å². The van der Waals surface area contributed by atoms with E-state index in [1.807, 2.05) is 18.7 Å². The molecule has 0 aromatic heterocycles. The molecule has 0 spiro atoms. The van der Waals surface area contributed by atoms with E-state index < -0.39 is 0 Å². The van der Waals surface area contributed by atoms with Gasteiger partial charge in [-0.3, -0.25) is 0 Å². The number of hydrogen-bond donors (Lipinski definition) is 1. The van der Waals surface area contributed by atoms with E-state index in [0.717, 1.165) is 24.5 Å². The van der Waals surface area contributed by atoms with Crippen molar-refractivity contribution in [2.45, 2.75) is 26.3 Å². The minimum atomic E-state index is -0.211. The average molecular weight is 271 g/mol. The molecule has 1 rings (SSSR count). The second-order valence-corrected chi connectivity index (χ2v) is 5.48. The Hall–Kier alpha value is -0.740. The van der Waals surface area contributed by atoms with Gasteiger partial charge in [0.25, 0.3) is 0 Å². The van der Waals surface area contributed by atoms with Crippen LogP contribution >= 0.6 is 11.8 Å². The van der Waals surface area contributed by atoms with Crippen LogP contribution in [0.25, 0.3) is 0 Å². The van der Waals surface area contributed by atoms with Gasteiger partial charge in [0.05, 0.1) is 7.11 Å². The number of rotatable bonds is 8. The van der Waals surface area contributed by atoms with Gasteiger partial charge in [-0.15, -0.1) is 0 Å². The standard InChI is InChI=1S/C14H22FNOS/c1-4-18-10-6-9-16-11(2)14-12(15)7-5-8-13(14)17-3/h5,7-8,11,16H,4,6,9-10H2,1-3H3. The Bertz CT molecular complexity index is 360. The molecule has 1 aromatic carbocycles. The summed E-state index contributed by atoms with van der Waals surface area (Å²) in [5.74, 6) is 2.69. The van der Waals surface area contributed by atoms with Gasteiger partial charge in [-0.05, 0) is 43.5 Å². The Morgan fingerprint density at radius 2 is 2.22 bits per heavy atom. The Morgan fingerprint density at radius 3 is 2.89 bits per heavy atom. The molecular formula is C14H22FNOS.